The molecule has 0 spiro atoms. The average molecular weight is 332 g/mol. The van der Waals surface area contributed by atoms with Gasteiger partial charge in [-0.2, -0.15) is 0 Å². The molecule has 7 heteroatoms. The summed E-state index contributed by atoms with van der Waals surface area (Å²) in [6.07, 6.45) is 2.23. The molecule has 1 aliphatic rings. The zero-order valence-electron chi connectivity index (χ0n) is 10.7. The number of hydrogen-bond acceptors (Lipinski definition) is 5. The molecule has 1 atom stereocenters. The normalized spacial score (nSPS) is 17.9. The number of aromatic nitrogens is 2. The predicted octanol–water partition coefficient (Wildman–Crippen LogP) is 3.86. The van der Waals surface area contributed by atoms with Gasteiger partial charge in [-0.05, 0) is 31.0 Å². The molecular weight excluding hydrogens is 317 g/mol. The van der Waals surface area contributed by atoms with Crippen molar-refractivity contribution in [2.45, 2.75) is 29.9 Å². The second-order valence-electron chi connectivity index (χ2n) is 4.44. The number of halogens is 2. The zero-order chi connectivity index (χ0) is 13.1. The molecule has 4 nitrogen and oxygen atoms in total. The fraction of sp³-hybridized carbons (Fsp3) is 0.385. The van der Waals surface area contributed by atoms with Gasteiger partial charge in [0.15, 0.2) is 0 Å². The van der Waals surface area contributed by atoms with Crippen molar-refractivity contribution in [2.75, 3.05) is 6.54 Å². The highest BCUT2D eigenvalue weighted by Gasteiger charge is 2.22. The van der Waals surface area contributed by atoms with Gasteiger partial charge in [0, 0.05) is 10.8 Å². The minimum atomic E-state index is 0. The summed E-state index contributed by atoms with van der Waals surface area (Å²) >= 11 is 7.62. The van der Waals surface area contributed by atoms with Gasteiger partial charge in [0.2, 0.25) is 5.89 Å². The van der Waals surface area contributed by atoms with Crippen LogP contribution < -0.4 is 5.32 Å². The maximum absolute atomic E-state index is 6.11. The van der Waals surface area contributed by atoms with Crippen LogP contribution in [0.5, 0.6) is 0 Å². The molecule has 0 saturated carbocycles. The van der Waals surface area contributed by atoms with Crippen molar-refractivity contribution in [1.82, 2.24) is 15.5 Å². The number of hydrogen-bond donors (Lipinski definition) is 1. The van der Waals surface area contributed by atoms with Gasteiger partial charge in [-0.25, -0.2) is 0 Å². The van der Waals surface area contributed by atoms with Gasteiger partial charge >= 0.3 is 0 Å². The third-order valence-corrected chi connectivity index (χ3v) is 4.33. The number of rotatable bonds is 4. The summed E-state index contributed by atoms with van der Waals surface area (Å²) in [5.74, 6) is 1.43. The molecular formula is C13H15Cl2N3OS. The van der Waals surface area contributed by atoms with E-state index in [0.29, 0.717) is 11.1 Å². The monoisotopic (exact) mass is 331 g/mol. The minimum absolute atomic E-state index is 0. The summed E-state index contributed by atoms with van der Waals surface area (Å²) in [6, 6.07) is 8.02. The van der Waals surface area contributed by atoms with Gasteiger partial charge in [0.25, 0.3) is 5.22 Å². The van der Waals surface area contributed by atoms with Gasteiger partial charge in [0.05, 0.1) is 6.04 Å². The first-order valence-corrected chi connectivity index (χ1v) is 7.62. The zero-order valence-corrected chi connectivity index (χ0v) is 13.1. The first-order chi connectivity index (χ1) is 9.33. The molecule has 0 aliphatic carbocycles. The van der Waals surface area contributed by atoms with E-state index in [0.717, 1.165) is 35.7 Å². The van der Waals surface area contributed by atoms with E-state index in [1.54, 1.807) is 0 Å². The molecule has 1 fully saturated rings. The molecule has 20 heavy (non-hydrogen) atoms. The van der Waals surface area contributed by atoms with Crippen LogP contribution in [0.15, 0.2) is 33.9 Å². The highest BCUT2D eigenvalue weighted by Crippen LogP contribution is 2.28. The Bertz CT molecular complexity index is 558. The largest absolute Gasteiger partial charge is 0.414 e. The van der Waals surface area contributed by atoms with Gasteiger partial charge in [-0.3, -0.25) is 0 Å². The highest BCUT2D eigenvalue weighted by molar-refractivity contribution is 7.98. The number of nitrogens with one attached hydrogen (secondary N) is 1. The Morgan fingerprint density at radius 1 is 1.35 bits per heavy atom. The second kappa shape index (κ2) is 7.31. The van der Waals surface area contributed by atoms with Gasteiger partial charge in [0.1, 0.15) is 0 Å². The lowest BCUT2D eigenvalue weighted by Gasteiger charge is -2.02. The summed E-state index contributed by atoms with van der Waals surface area (Å²) in [7, 11) is 0. The summed E-state index contributed by atoms with van der Waals surface area (Å²) in [6.45, 7) is 1.02. The molecule has 0 amide bonds. The average Bonchev–Trinajstić information content (AvgIpc) is 3.09. The Kier molecular flexibility index (Phi) is 5.72. The maximum atomic E-state index is 6.11. The molecule has 0 radical (unpaired) electrons. The molecule has 2 aromatic rings. The van der Waals surface area contributed by atoms with Crippen LogP contribution in [0.3, 0.4) is 0 Å². The van der Waals surface area contributed by atoms with Crippen LogP contribution in [-0.4, -0.2) is 16.7 Å². The van der Waals surface area contributed by atoms with E-state index in [4.69, 9.17) is 16.0 Å². The molecule has 0 bridgehead atoms. The maximum Gasteiger partial charge on any atom is 0.276 e. The SMILES string of the molecule is Cl.Clc1ccccc1CSc1nnc([C@@H]2CCCN2)o1. The van der Waals surface area contributed by atoms with E-state index in [1.807, 2.05) is 24.3 Å². The van der Waals surface area contributed by atoms with Crippen molar-refractivity contribution in [3.63, 3.8) is 0 Å². The van der Waals surface area contributed by atoms with Crippen molar-refractivity contribution < 1.29 is 4.42 Å². The standard InChI is InChI=1S/C13H14ClN3OS.ClH/c14-10-5-2-1-4-9(10)8-19-13-17-16-12(18-13)11-6-3-7-15-11;/h1-2,4-5,11,15H,3,6-8H2;1H/t11-;/m0./s1. The molecule has 3 rings (SSSR count). The van der Waals surface area contributed by atoms with Crippen LogP contribution in [0.1, 0.15) is 30.3 Å². The molecule has 1 aliphatic heterocycles. The third-order valence-electron chi connectivity index (χ3n) is 3.09. The van der Waals surface area contributed by atoms with Gasteiger partial charge < -0.3 is 9.73 Å². The van der Waals surface area contributed by atoms with Crippen LogP contribution in [-0.2, 0) is 5.75 Å². The van der Waals surface area contributed by atoms with E-state index in [2.05, 4.69) is 15.5 Å². The van der Waals surface area contributed by atoms with E-state index >= 15 is 0 Å². The van der Waals surface area contributed by atoms with Crippen LogP contribution in [0.4, 0.5) is 0 Å². The van der Waals surface area contributed by atoms with E-state index in [-0.39, 0.29) is 18.4 Å². The fourth-order valence-electron chi connectivity index (χ4n) is 2.07. The highest BCUT2D eigenvalue weighted by atomic mass is 35.5. The minimum Gasteiger partial charge on any atom is -0.414 e. The molecule has 1 aromatic heterocycles. The Morgan fingerprint density at radius 2 is 2.20 bits per heavy atom. The van der Waals surface area contributed by atoms with Crippen molar-refractivity contribution in [2.24, 2.45) is 0 Å². The van der Waals surface area contributed by atoms with E-state index in [9.17, 15) is 0 Å². The fourth-order valence-corrected chi connectivity index (χ4v) is 3.13. The van der Waals surface area contributed by atoms with Crippen LogP contribution in [0, 0.1) is 0 Å². The second-order valence-corrected chi connectivity index (χ2v) is 5.77. The van der Waals surface area contributed by atoms with Crippen LogP contribution >= 0.6 is 35.8 Å². The van der Waals surface area contributed by atoms with Crippen molar-refractivity contribution in [1.29, 1.82) is 0 Å². The Labute approximate surface area is 133 Å². The molecule has 0 unspecified atom stereocenters. The van der Waals surface area contributed by atoms with Crippen LogP contribution in [0.2, 0.25) is 5.02 Å². The summed E-state index contributed by atoms with van der Waals surface area (Å²) in [5.41, 5.74) is 1.08. The molecule has 1 saturated heterocycles. The lowest BCUT2D eigenvalue weighted by molar-refractivity contribution is 0.374. The molecule has 1 aromatic carbocycles. The topological polar surface area (TPSA) is 51.0 Å². The summed E-state index contributed by atoms with van der Waals surface area (Å²) < 4.78 is 5.66. The first kappa shape index (κ1) is 15.6. The Balaban J connectivity index is 0.00000147. The smallest absolute Gasteiger partial charge is 0.276 e. The molecule has 108 valence electrons. The lowest BCUT2D eigenvalue weighted by Crippen LogP contribution is -2.12. The molecule has 2 heterocycles. The lowest BCUT2D eigenvalue weighted by atomic mass is 10.2. The van der Waals surface area contributed by atoms with Crippen molar-refractivity contribution in [3.8, 4) is 0 Å². The number of nitrogens with zero attached hydrogens (tertiary/aromatic N) is 2. The van der Waals surface area contributed by atoms with Gasteiger partial charge in [-0.1, -0.05) is 41.6 Å². The predicted molar refractivity (Wildman–Crippen MR) is 82.5 cm³/mol. The first-order valence-electron chi connectivity index (χ1n) is 6.26. The Hall–Kier alpha value is -0.750. The number of benzene rings is 1. The van der Waals surface area contributed by atoms with Gasteiger partial charge in [-0.15, -0.1) is 22.6 Å². The van der Waals surface area contributed by atoms with Crippen LogP contribution in [0.25, 0.3) is 0 Å². The Morgan fingerprint density at radius 3 is 2.95 bits per heavy atom. The molecule has 1 N–H and O–H groups in total. The van der Waals surface area contributed by atoms with E-state index in [1.165, 1.54) is 11.8 Å². The quantitative estimate of drug-likeness (QED) is 0.862. The summed E-state index contributed by atoms with van der Waals surface area (Å²) in [5, 5.41) is 12.9. The summed E-state index contributed by atoms with van der Waals surface area (Å²) in [4.78, 5) is 0. The number of thioether (sulfide) groups is 1. The third kappa shape index (κ3) is 3.67. The van der Waals surface area contributed by atoms with Crippen molar-refractivity contribution in [3.05, 3.63) is 40.7 Å². The van der Waals surface area contributed by atoms with Crippen molar-refractivity contribution >= 4 is 35.8 Å². The van der Waals surface area contributed by atoms with E-state index < -0.39 is 0 Å².